The van der Waals surface area contributed by atoms with Gasteiger partial charge in [0, 0.05) is 10.0 Å². The second kappa shape index (κ2) is 6.26. The third-order valence-electron chi connectivity index (χ3n) is 2.48. The summed E-state index contributed by atoms with van der Waals surface area (Å²) >= 11 is 6.43. The Bertz CT molecular complexity index is 650. The predicted molar refractivity (Wildman–Crippen MR) is 81.6 cm³/mol. The Morgan fingerprint density at radius 1 is 1.11 bits per heavy atom. The van der Waals surface area contributed by atoms with Crippen molar-refractivity contribution in [2.45, 2.75) is 0 Å². The number of benzene rings is 2. The van der Waals surface area contributed by atoms with E-state index in [1.807, 2.05) is 6.07 Å². The number of halogens is 3. The highest BCUT2D eigenvalue weighted by Gasteiger charge is 2.02. The lowest BCUT2D eigenvalue weighted by atomic mass is 10.1. The molecule has 0 bridgehead atoms. The van der Waals surface area contributed by atoms with Crippen LogP contribution in [0.3, 0.4) is 0 Å². The summed E-state index contributed by atoms with van der Waals surface area (Å²) in [6, 6.07) is 11.8. The van der Waals surface area contributed by atoms with Crippen LogP contribution < -0.4 is 0 Å². The minimum absolute atomic E-state index is 0.0956. The topological polar surface area (TPSA) is 17.1 Å². The molecule has 0 saturated carbocycles. The van der Waals surface area contributed by atoms with E-state index >= 15 is 0 Å². The minimum Gasteiger partial charge on any atom is -0.289 e. The van der Waals surface area contributed by atoms with Crippen molar-refractivity contribution in [3.8, 4) is 0 Å². The monoisotopic (exact) mass is 382 g/mol. The van der Waals surface area contributed by atoms with Crippen LogP contribution in [0.15, 0.2) is 57.5 Å². The SMILES string of the molecule is O=C(/C=C/c1ccc(F)c(Br)c1)c1cccc(Br)c1. The fraction of sp³-hybridized carbons (Fsp3) is 0. The van der Waals surface area contributed by atoms with E-state index in [2.05, 4.69) is 31.9 Å². The van der Waals surface area contributed by atoms with Gasteiger partial charge < -0.3 is 0 Å². The highest BCUT2D eigenvalue weighted by atomic mass is 79.9. The molecule has 0 saturated heterocycles. The second-order valence-electron chi connectivity index (χ2n) is 3.88. The molecular formula is C15H9Br2FO. The van der Waals surface area contributed by atoms with Crippen molar-refractivity contribution in [2.75, 3.05) is 0 Å². The maximum atomic E-state index is 13.1. The van der Waals surface area contributed by atoms with E-state index in [0.29, 0.717) is 10.0 Å². The highest BCUT2D eigenvalue weighted by Crippen LogP contribution is 2.18. The average Bonchev–Trinajstić information content (AvgIpc) is 2.40. The maximum absolute atomic E-state index is 13.1. The third kappa shape index (κ3) is 3.85. The van der Waals surface area contributed by atoms with Crippen LogP contribution in [0.2, 0.25) is 0 Å². The zero-order chi connectivity index (χ0) is 13.8. The molecule has 0 unspecified atom stereocenters. The van der Waals surface area contributed by atoms with Crippen molar-refractivity contribution in [1.29, 1.82) is 0 Å². The Morgan fingerprint density at radius 2 is 1.89 bits per heavy atom. The van der Waals surface area contributed by atoms with Crippen LogP contribution in [0.1, 0.15) is 15.9 Å². The number of ketones is 1. The van der Waals surface area contributed by atoms with Gasteiger partial charge in [-0.15, -0.1) is 0 Å². The van der Waals surface area contributed by atoms with Gasteiger partial charge in [-0.05, 0) is 51.8 Å². The molecular weight excluding hydrogens is 375 g/mol. The predicted octanol–water partition coefficient (Wildman–Crippen LogP) is 5.25. The number of allylic oxidation sites excluding steroid dienone is 1. The first-order valence-electron chi connectivity index (χ1n) is 5.49. The molecule has 0 aliphatic rings. The second-order valence-corrected chi connectivity index (χ2v) is 5.65. The van der Waals surface area contributed by atoms with Gasteiger partial charge in [0.1, 0.15) is 5.82 Å². The Balaban J connectivity index is 2.18. The quantitative estimate of drug-likeness (QED) is 0.522. The van der Waals surface area contributed by atoms with Crippen LogP contribution in [-0.4, -0.2) is 5.78 Å². The largest absolute Gasteiger partial charge is 0.289 e. The van der Waals surface area contributed by atoms with Gasteiger partial charge in [-0.3, -0.25) is 4.79 Å². The zero-order valence-corrected chi connectivity index (χ0v) is 12.9. The van der Waals surface area contributed by atoms with Gasteiger partial charge in [-0.1, -0.05) is 40.2 Å². The normalized spacial score (nSPS) is 10.9. The molecule has 96 valence electrons. The van der Waals surface area contributed by atoms with Crippen molar-refractivity contribution in [3.05, 3.63) is 74.4 Å². The summed E-state index contributed by atoms with van der Waals surface area (Å²) in [6.45, 7) is 0. The molecule has 0 atom stereocenters. The molecule has 0 aliphatic heterocycles. The van der Waals surface area contributed by atoms with E-state index in [-0.39, 0.29) is 11.6 Å². The molecule has 0 heterocycles. The first kappa shape index (κ1) is 14.2. The van der Waals surface area contributed by atoms with Crippen LogP contribution in [0.5, 0.6) is 0 Å². The first-order chi connectivity index (χ1) is 9.06. The summed E-state index contributed by atoms with van der Waals surface area (Å²) in [5.41, 5.74) is 1.36. The van der Waals surface area contributed by atoms with Crippen LogP contribution in [0, 0.1) is 5.82 Å². The molecule has 0 N–H and O–H groups in total. The van der Waals surface area contributed by atoms with Gasteiger partial charge in [0.15, 0.2) is 5.78 Å². The van der Waals surface area contributed by atoms with Crippen molar-refractivity contribution < 1.29 is 9.18 Å². The van der Waals surface area contributed by atoms with Crippen molar-refractivity contribution >= 4 is 43.7 Å². The molecule has 4 heteroatoms. The molecule has 2 rings (SSSR count). The van der Waals surface area contributed by atoms with Crippen LogP contribution in [0.4, 0.5) is 4.39 Å². The molecule has 2 aromatic rings. The average molecular weight is 384 g/mol. The number of hydrogen-bond donors (Lipinski definition) is 0. The molecule has 0 aliphatic carbocycles. The van der Waals surface area contributed by atoms with E-state index in [9.17, 15) is 9.18 Å². The van der Waals surface area contributed by atoms with Crippen LogP contribution in [-0.2, 0) is 0 Å². The van der Waals surface area contributed by atoms with E-state index in [4.69, 9.17) is 0 Å². The third-order valence-corrected chi connectivity index (χ3v) is 3.58. The summed E-state index contributed by atoms with van der Waals surface area (Å²) < 4.78 is 14.3. The summed E-state index contributed by atoms with van der Waals surface area (Å²) in [5, 5.41) is 0. The smallest absolute Gasteiger partial charge is 0.185 e. The maximum Gasteiger partial charge on any atom is 0.185 e. The van der Waals surface area contributed by atoms with Crippen molar-refractivity contribution in [3.63, 3.8) is 0 Å². The van der Waals surface area contributed by atoms with E-state index in [1.165, 1.54) is 12.1 Å². The Kier molecular flexibility index (Phi) is 4.66. The zero-order valence-electron chi connectivity index (χ0n) is 9.74. The van der Waals surface area contributed by atoms with Gasteiger partial charge in [0.25, 0.3) is 0 Å². The summed E-state index contributed by atoms with van der Waals surface area (Å²) in [5.74, 6) is -0.419. The number of carbonyl (C=O) groups excluding carboxylic acids is 1. The standard InChI is InChI=1S/C15H9Br2FO/c16-12-3-1-2-11(9-12)15(19)7-5-10-4-6-14(18)13(17)8-10/h1-9H/b7-5+. The van der Waals surface area contributed by atoms with E-state index in [1.54, 1.807) is 36.4 Å². The molecule has 0 radical (unpaired) electrons. The molecule has 19 heavy (non-hydrogen) atoms. The van der Waals surface area contributed by atoms with E-state index < -0.39 is 0 Å². The van der Waals surface area contributed by atoms with Gasteiger partial charge in [0.05, 0.1) is 4.47 Å². The Hall–Kier alpha value is -1.26. The molecule has 0 amide bonds. The number of rotatable bonds is 3. The van der Waals surface area contributed by atoms with Crippen LogP contribution in [0.25, 0.3) is 6.08 Å². The van der Waals surface area contributed by atoms with Crippen molar-refractivity contribution in [1.82, 2.24) is 0 Å². The number of carbonyl (C=O) groups is 1. The molecule has 0 aromatic heterocycles. The highest BCUT2D eigenvalue weighted by molar-refractivity contribution is 9.10. The molecule has 0 spiro atoms. The fourth-order valence-corrected chi connectivity index (χ4v) is 2.32. The first-order valence-corrected chi connectivity index (χ1v) is 7.08. The fourth-order valence-electron chi connectivity index (χ4n) is 1.53. The summed E-state index contributed by atoms with van der Waals surface area (Å²) in [4.78, 5) is 11.9. The van der Waals surface area contributed by atoms with E-state index in [0.717, 1.165) is 10.0 Å². The molecule has 0 fully saturated rings. The van der Waals surface area contributed by atoms with Gasteiger partial charge in [-0.25, -0.2) is 4.39 Å². The Labute approximate surface area is 127 Å². The van der Waals surface area contributed by atoms with Gasteiger partial charge in [0.2, 0.25) is 0 Å². The van der Waals surface area contributed by atoms with Gasteiger partial charge >= 0.3 is 0 Å². The molecule has 1 nitrogen and oxygen atoms in total. The molecule has 2 aromatic carbocycles. The lowest BCUT2D eigenvalue weighted by Crippen LogP contribution is -1.93. The Morgan fingerprint density at radius 3 is 2.58 bits per heavy atom. The minimum atomic E-state index is -0.324. The summed E-state index contributed by atoms with van der Waals surface area (Å²) in [6.07, 6.45) is 3.13. The number of hydrogen-bond acceptors (Lipinski definition) is 1. The van der Waals surface area contributed by atoms with Crippen molar-refractivity contribution in [2.24, 2.45) is 0 Å². The van der Waals surface area contributed by atoms with Gasteiger partial charge in [-0.2, -0.15) is 0 Å². The summed E-state index contributed by atoms with van der Waals surface area (Å²) in [7, 11) is 0. The van der Waals surface area contributed by atoms with Crippen LogP contribution >= 0.6 is 31.9 Å². The lowest BCUT2D eigenvalue weighted by molar-refractivity contribution is 0.104. The lowest BCUT2D eigenvalue weighted by Gasteiger charge is -1.98.